The van der Waals surface area contributed by atoms with E-state index in [0.717, 1.165) is 6.54 Å². The number of nitrogens with one attached hydrogen (secondary N) is 1. The molecule has 1 fully saturated rings. The second-order valence-electron chi connectivity index (χ2n) is 2.85. The van der Waals surface area contributed by atoms with Gasteiger partial charge in [0.1, 0.15) is 0 Å². The summed E-state index contributed by atoms with van der Waals surface area (Å²) in [5.41, 5.74) is 0. The van der Waals surface area contributed by atoms with Gasteiger partial charge in [-0.15, -0.1) is 0 Å². The minimum absolute atomic E-state index is 0.124. The van der Waals surface area contributed by atoms with E-state index in [1.54, 1.807) is 0 Å². The van der Waals surface area contributed by atoms with E-state index in [0.29, 0.717) is 19.3 Å². The molecule has 0 radical (unpaired) electrons. The number of aliphatic hydroxyl groups is 1. The van der Waals surface area contributed by atoms with E-state index in [1.807, 2.05) is 11.8 Å². The van der Waals surface area contributed by atoms with Crippen molar-refractivity contribution in [3.05, 3.63) is 0 Å². The van der Waals surface area contributed by atoms with Gasteiger partial charge in [0.05, 0.1) is 19.8 Å². The fourth-order valence-corrected chi connectivity index (χ4v) is 2.38. The van der Waals surface area contributed by atoms with Gasteiger partial charge in [0.2, 0.25) is 0 Å². The Labute approximate surface area is 77.9 Å². The molecule has 0 spiro atoms. The molecule has 0 aromatic carbocycles. The summed E-state index contributed by atoms with van der Waals surface area (Å²) < 4.78 is 5.12. The van der Waals surface area contributed by atoms with E-state index in [2.05, 4.69) is 5.32 Å². The van der Waals surface area contributed by atoms with Crippen LogP contribution >= 0.6 is 11.8 Å². The maximum Gasteiger partial charge on any atom is 0.0698 e. The quantitative estimate of drug-likeness (QED) is 0.584. The van der Waals surface area contributed by atoms with Gasteiger partial charge in [-0.3, -0.25) is 0 Å². The number of aliphatic hydroxyl groups excluding tert-OH is 1. The van der Waals surface area contributed by atoms with Crippen molar-refractivity contribution < 1.29 is 9.84 Å². The van der Waals surface area contributed by atoms with Crippen LogP contribution < -0.4 is 5.32 Å². The van der Waals surface area contributed by atoms with Crippen molar-refractivity contribution >= 4 is 11.8 Å². The Hall–Kier alpha value is 0.230. The second-order valence-corrected chi connectivity index (χ2v) is 4.00. The molecule has 1 heterocycles. The van der Waals surface area contributed by atoms with Crippen LogP contribution in [0.15, 0.2) is 0 Å². The predicted octanol–water partition coefficient (Wildman–Crippen LogP) is 0.0904. The molecule has 1 aliphatic heterocycles. The number of rotatable bonds is 6. The van der Waals surface area contributed by atoms with Gasteiger partial charge in [0.25, 0.3) is 0 Å². The topological polar surface area (TPSA) is 41.5 Å². The molecule has 0 saturated carbocycles. The highest BCUT2D eigenvalue weighted by Crippen LogP contribution is 2.16. The summed E-state index contributed by atoms with van der Waals surface area (Å²) in [6.07, 6.45) is 1.28. The molecule has 0 aliphatic carbocycles. The second kappa shape index (κ2) is 6.71. The van der Waals surface area contributed by atoms with Gasteiger partial charge in [-0.25, -0.2) is 0 Å². The number of thioether (sulfide) groups is 1. The lowest BCUT2D eigenvalue weighted by molar-refractivity contribution is 0.0929. The van der Waals surface area contributed by atoms with Crippen molar-refractivity contribution in [1.82, 2.24) is 5.32 Å². The molecule has 0 aromatic heterocycles. The zero-order chi connectivity index (χ0) is 8.65. The minimum atomic E-state index is 0.124. The van der Waals surface area contributed by atoms with Gasteiger partial charge in [-0.1, -0.05) is 0 Å². The van der Waals surface area contributed by atoms with Crippen LogP contribution in [0.4, 0.5) is 0 Å². The first-order valence-corrected chi connectivity index (χ1v) is 5.58. The van der Waals surface area contributed by atoms with E-state index >= 15 is 0 Å². The predicted molar refractivity (Wildman–Crippen MR) is 51.6 cm³/mol. The SMILES string of the molecule is OCCOCCN[C@@H]1CCSC1. The lowest BCUT2D eigenvalue weighted by Gasteiger charge is -2.10. The summed E-state index contributed by atoms with van der Waals surface area (Å²) in [5, 5.41) is 11.8. The fraction of sp³-hybridized carbons (Fsp3) is 1.00. The summed E-state index contributed by atoms with van der Waals surface area (Å²) in [6.45, 7) is 2.20. The molecule has 1 rings (SSSR count). The van der Waals surface area contributed by atoms with E-state index < -0.39 is 0 Å². The number of hydrogen-bond acceptors (Lipinski definition) is 4. The lowest BCUT2D eigenvalue weighted by Crippen LogP contribution is -2.31. The van der Waals surface area contributed by atoms with E-state index in [-0.39, 0.29) is 6.61 Å². The average Bonchev–Trinajstić information content (AvgIpc) is 2.57. The summed E-state index contributed by atoms with van der Waals surface area (Å²) in [6, 6.07) is 0.688. The molecule has 3 nitrogen and oxygen atoms in total. The van der Waals surface area contributed by atoms with Gasteiger partial charge in [0.15, 0.2) is 0 Å². The van der Waals surface area contributed by atoms with Gasteiger partial charge >= 0.3 is 0 Å². The van der Waals surface area contributed by atoms with Crippen LogP contribution in [0.25, 0.3) is 0 Å². The monoisotopic (exact) mass is 191 g/mol. The van der Waals surface area contributed by atoms with Crippen LogP contribution in [0.3, 0.4) is 0 Å². The Morgan fingerprint density at radius 3 is 3.08 bits per heavy atom. The minimum Gasteiger partial charge on any atom is -0.394 e. The molecule has 4 heteroatoms. The number of hydrogen-bond donors (Lipinski definition) is 2. The molecule has 1 aliphatic rings. The number of ether oxygens (including phenoxy) is 1. The van der Waals surface area contributed by atoms with Crippen LogP contribution in [-0.4, -0.2) is 49.0 Å². The molecule has 1 atom stereocenters. The molecule has 0 amide bonds. The van der Waals surface area contributed by atoms with Crippen LogP contribution in [0.5, 0.6) is 0 Å². The third-order valence-electron chi connectivity index (χ3n) is 1.84. The Balaban J connectivity index is 1.81. The summed E-state index contributed by atoms with van der Waals surface area (Å²) in [5.74, 6) is 2.52. The van der Waals surface area contributed by atoms with Crippen molar-refractivity contribution in [2.75, 3.05) is 37.9 Å². The molecule has 0 unspecified atom stereocenters. The van der Waals surface area contributed by atoms with Crippen molar-refractivity contribution in [2.24, 2.45) is 0 Å². The Kier molecular flexibility index (Phi) is 5.77. The highest BCUT2D eigenvalue weighted by atomic mass is 32.2. The normalized spacial score (nSPS) is 23.2. The molecule has 1 saturated heterocycles. The standard InChI is InChI=1S/C8H17NO2S/c10-3-5-11-4-2-9-8-1-6-12-7-8/h8-10H,1-7H2/t8-/m1/s1. The lowest BCUT2D eigenvalue weighted by atomic mass is 10.3. The first-order chi connectivity index (χ1) is 5.93. The van der Waals surface area contributed by atoms with E-state index in [9.17, 15) is 0 Å². The average molecular weight is 191 g/mol. The highest BCUT2D eigenvalue weighted by molar-refractivity contribution is 7.99. The van der Waals surface area contributed by atoms with Gasteiger partial charge in [-0.05, 0) is 12.2 Å². The molecule has 0 bridgehead atoms. The third-order valence-corrected chi connectivity index (χ3v) is 3.01. The van der Waals surface area contributed by atoms with Gasteiger partial charge in [-0.2, -0.15) is 11.8 Å². The first kappa shape index (κ1) is 10.3. The summed E-state index contributed by atoms with van der Waals surface area (Å²) >= 11 is 2.01. The van der Waals surface area contributed by atoms with E-state index in [4.69, 9.17) is 9.84 Å². The third kappa shape index (κ3) is 4.30. The highest BCUT2D eigenvalue weighted by Gasteiger charge is 2.13. The molecular formula is C8H17NO2S. The van der Waals surface area contributed by atoms with Crippen molar-refractivity contribution in [3.8, 4) is 0 Å². The Bertz CT molecular complexity index is 107. The van der Waals surface area contributed by atoms with Gasteiger partial charge in [0, 0.05) is 18.3 Å². The molecule has 0 aromatic rings. The van der Waals surface area contributed by atoms with Crippen LogP contribution in [0.2, 0.25) is 0 Å². The van der Waals surface area contributed by atoms with Crippen molar-refractivity contribution in [3.63, 3.8) is 0 Å². The van der Waals surface area contributed by atoms with Crippen molar-refractivity contribution in [1.29, 1.82) is 0 Å². The van der Waals surface area contributed by atoms with Crippen LogP contribution in [-0.2, 0) is 4.74 Å². The fourth-order valence-electron chi connectivity index (χ4n) is 1.20. The molecule has 12 heavy (non-hydrogen) atoms. The van der Waals surface area contributed by atoms with Crippen LogP contribution in [0, 0.1) is 0 Å². The molecular weight excluding hydrogens is 174 g/mol. The van der Waals surface area contributed by atoms with Crippen LogP contribution in [0.1, 0.15) is 6.42 Å². The first-order valence-electron chi connectivity index (χ1n) is 4.43. The zero-order valence-electron chi connectivity index (χ0n) is 7.29. The Morgan fingerprint density at radius 2 is 2.42 bits per heavy atom. The Morgan fingerprint density at radius 1 is 1.50 bits per heavy atom. The smallest absolute Gasteiger partial charge is 0.0698 e. The van der Waals surface area contributed by atoms with Crippen molar-refractivity contribution in [2.45, 2.75) is 12.5 Å². The summed E-state index contributed by atoms with van der Waals surface area (Å²) in [4.78, 5) is 0. The molecule has 72 valence electrons. The summed E-state index contributed by atoms with van der Waals surface area (Å²) in [7, 11) is 0. The maximum atomic E-state index is 8.43. The largest absolute Gasteiger partial charge is 0.394 e. The van der Waals surface area contributed by atoms with Gasteiger partial charge < -0.3 is 15.2 Å². The zero-order valence-corrected chi connectivity index (χ0v) is 8.11. The van der Waals surface area contributed by atoms with E-state index in [1.165, 1.54) is 17.9 Å². The molecule has 2 N–H and O–H groups in total. The maximum absolute atomic E-state index is 8.43.